The van der Waals surface area contributed by atoms with E-state index in [0.717, 1.165) is 5.56 Å². The Morgan fingerprint density at radius 3 is 2.60 bits per heavy atom. The molecule has 0 spiro atoms. The molecule has 104 valence electrons. The average molecular weight is 290 g/mol. The van der Waals surface area contributed by atoms with Crippen molar-refractivity contribution in [2.75, 3.05) is 14.1 Å². The summed E-state index contributed by atoms with van der Waals surface area (Å²) in [5, 5.41) is 0.309. The first-order valence-electron chi connectivity index (χ1n) is 6.12. The van der Waals surface area contributed by atoms with Crippen molar-refractivity contribution in [3.05, 3.63) is 59.5 Å². The maximum absolute atomic E-state index is 13.9. The SMILES string of the molecule is CN(C)C(=O)c1cnc(SCc2ccccc2)c(F)c1. The van der Waals surface area contributed by atoms with Crippen LogP contribution in [0.15, 0.2) is 47.6 Å². The molecule has 0 aliphatic rings. The molecule has 0 saturated carbocycles. The van der Waals surface area contributed by atoms with Gasteiger partial charge in [0.1, 0.15) is 5.03 Å². The van der Waals surface area contributed by atoms with Crippen molar-refractivity contribution >= 4 is 17.7 Å². The molecule has 0 unspecified atom stereocenters. The molecule has 20 heavy (non-hydrogen) atoms. The van der Waals surface area contributed by atoms with Gasteiger partial charge in [0.25, 0.3) is 5.91 Å². The second kappa shape index (κ2) is 6.52. The first-order chi connectivity index (χ1) is 9.58. The van der Waals surface area contributed by atoms with Gasteiger partial charge in [-0.2, -0.15) is 0 Å². The number of nitrogens with zero attached hydrogens (tertiary/aromatic N) is 2. The summed E-state index contributed by atoms with van der Waals surface area (Å²) in [5.41, 5.74) is 1.36. The Labute approximate surface area is 121 Å². The maximum Gasteiger partial charge on any atom is 0.255 e. The van der Waals surface area contributed by atoms with Crippen molar-refractivity contribution in [3.8, 4) is 0 Å². The van der Waals surface area contributed by atoms with E-state index in [1.165, 1.54) is 28.9 Å². The van der Waals surface area contributed by atoms with Crippen LogP contribution in [-0.4, -0.2) is 29.9 Å². The van der Waals surface area contributed by atoms with Crippen LogP contribution in [0.1, 0.15) is 15.9 Å². The molecule has 2 aromatic rings. The van der Waals surface area contributed by atoms with Crippen molar-refractivity contribution in [2.24, 2.45) is 0 Å². The summed E-state index contributed by atoms with van der Waals surface area (Å²) in [6.45, 7) is 0. The first kappa shape index (κ1) is 14.5. The molecular formula is C15H15FN2OS. The van der Waals surface area contributed by atoms with Gasteiger partial charge in [0.2, 0.25) is 0 Å². The van der Waals surface area contributed by atoms with Crippen LogP contribution in [-0.2, 0) is 5.75 Å². The minimum absolute atomic E-state index is 0.254. The predicted molar refractivity (Wildman–Crippen MR) is 78.2 cm³/mol. The number of amides is 1. The molecule has 5 heteroatoms. The molecule has 2 rings (SSSR count). The normalized spacial score (nSPS) is 10.3. The molecule has 1 heterocycles. The van der Waals surface area contributed by atoms with Crippen LogP contribution < -0.4 is 0 Å². The van der Waals surface area contributed by atoms with E-state index in [-0.39, 0.29) is 11.5 Å². The predicted octanol–water partition coefficient (Wildman–Crippen LogP) is 3.21. The Morgan fingerprint density at radius 1 is 1.30 bits per heavy atom. The van der Waals surface area contributed by atoms with Crippen molar-refractivity contribution in [3.63, 3.8) is 0 Å². The number of thioether (sulfide) groups is 1. The smallest absolute Gasteiger partial charge is 0.255 e. The van der Waals surface area contributed by atoms with Crippen LogP contribution in [0, 0.1) is 5.82 Å². The van der Waals surface area contributed by atoms with Crippen molar-refractivity contribution in [2.45, 2.75) is 10.8 Å². The third kappa shape index (κ3) is 3.57. The van der Waals surface area contributed by atoms with E-state index < -0.39 is 5.82 Å². The molecule has 1 amide bonds. The molecule has 0 aliphatic heterocycles. The van der Waals surface area contributed by atoms with Crippen molar-refractivity contribution < 1.29 is 9.18 Å². The van der Waals surface area contributed by atoms with Gasteiger partial charge in [0.05, 0.1) is 5.56 Å². The Balaban J connectivity index is 2.08. The third-order valence-electron chi connectivity index (χ3n) is 2.68. The fourth-order valence-electron chi connectivity index (χ4n) is 1.63. The third-order valence-corrected chi connectivity index (χ3v) is 3.73. The number of hydrogen-bond donors (Lipinski definition) is 0. The molecule has 0 saturated heterocycles. The average Bonchev–Trinajstić information content (AvgIpc) is 2.46. The molecule has 1 aromatic carbocycles. The zero-order valence-corrected chi connectivity index (χ0v) is 12.2. The Hall–Kier alpha value is -1.88. The number of carbonyl (C=O) groups is 1. The highest BCUT2D eigenvalue weighted by molar-refractivity contribution is 7.98. The molecule has 0 N–H and O–H groups in total. The van der Waals surface area contributed by atoms with Gasteiger partial charge in [-0.25, -0.2) is 9.37 Å². The number of pyridine rings is 1. The topological polar surface area (TPSA) is 33.2 Å². The fourth-order valence-corrected chi connectivity index (χ4v) is 2.45. The van der Waals surface area contributed by atoms with Gasteiger partial charge in [-0.1, -0.05) is 42.1 Å². The number of aromatic nitrogens is 1. The standard InChI is InChI=1S/C15H15FN2OS/c1-18(2)15(19)12-8-13(16)14(17-9-12)20-10-11-6-4-3-5-7-11/h3-9H,10H2,1-2H3. The molecular weight excluding hydrogens is 275 g/mol. The highest BCUT2D eigenvalue weighted by Gasteiger charge is 2.12. The molecule has 1 aromatic heterocycles. The summed E-state index contributed by atoms with van der Waals surface area (Å²) in [6, 6.07) is 11.0. The van der Waals surface area contributed by atoms with Gasteiger partial charge in [-0.3, -0.25) is 4.79 Å². The number of hydrogen-bond acceptors (Lipinski definition) is 3. The van der Waals surface area contributed by atoms with E-state index in [9.17, 15) is 9.18 Å². The van der Waals surface area contributed by atoms with Crippen LogP contribution in [0.2, 0.25) is 0 Å². The maximum atomic E-state index is 13.9. The Morgan fingerprint density at radius 2 is 2.00 bits per heavy atom. The molecule has 0 fully saturated rings. The molecule has 0 atom stereocenters. The van der Waals surface area contributed by atoms with E-state index in [1.807, 2.05) is 30.3 Å². The minimum Gasteiger partial charge on any atom is -0.345 e. The molecule has 0 radical (unpaired) electrons. The van der Waals surface area contributed by atoms with Gasteiger partial charge >= 0.3 is 0 Å². The zero-order valence-electron chi connectivity index (χ0n) is 11.3. The quantitative estimate of drug-likeness (QED) is 0.811. The summed E-state index contributed by atoms with van der Waals surface area (Å²) < 4.78 is 13.9. The fraction of sp³-hybridized carbons (Fsp3) is 0.200. The van der Waals surface area contributed by atoms with E-state index in [2.05, 4.69) is 4.98 Å². The van der Waals surface area contributed by atoms with Gasteiger partial charge in [-0.05, 0) is 11.6 Å². The summed E-state index contributed by atoms with van der Waals surface area (Å²) in [7, 11) is 3.25. The second-order valence-electron chi connectivity index (χ2n) is 4.48. The molecule has 3 nitrogen and oxygen atoms in total. The van der Waals surface area contributed by atoms with E-state index in [0.29, 0.717) is 10.8 Å². The summed E-state index contributed by atoms with van der Waals surface area (Å²) in [5.74, 6) is -0.0687. The molecule has 0 aliphatic carbocycles. The van der Waals surface area contributed by atoms with E-state index in [4.69, 9.17) is 0 Å². The lowest BCUT2D eigenvalue weighted by molar-refractivity contribution is 0.0826. The molecule has 0 bridgehead atoms. The largest absolute Gasteiger partial charge is 0.345 e. The first-order valence-corrected chi connectivity index (χ1v) is 7.10. The lowest BCUT2D eigenvalue weighted by atomic mass is 10.2. The summed E-state index contributed by atoms with van der Waals surface area (Å²) >= 11 is 1.32. The summed E-state index contributed by atoms with van der Waals surface area (Å²) in [6.07, 6.45) is 1.42. The van der Waals surface area contributed by atoms with Gasteiger partial charge in [0, 0.05) is 26.0 Å². The van der Waals surface area contributed by atoms with Crippen LogP contribution >= 0.6 is 11.8 Å². The van der Waals surface area contributed by atoms with Crippen LogP contribution in [0.5, 0.6) is 0 Å². The summed E-state index contributed by atoms with van der Waals surface area (Å²) in [4.78, 5) is 17.1. The number of carbonyl (C=O) groups excluding carboxylic acids is 1. The van der Waals surface area contributed by atoms with E-state index in [1.54, 1.807) is 14.1 Å². The van der Waals surface area contributed by atoms with Crippen LogP contribution in [0.25, 0.3) is 0 Å². The second-order valence-corrected chi connectivity index (χ2v) is 5.45. The highest BCUT2D eigenvalue weighted by Crippen LogP contribution is 2.24. The lowest BCUT2D eigenvalue weighted by Gasteiger charge is -2.10. The number of benzene rings is 1. The lowest BCUT2D eigenvalue weighted by Crippen LogP contribution is -2.22. The van der Waals surface area contributed by atoms with Crippen LogP contribution in [0.3, 0.4) is 0 Å². The van der Waals surface area contributed by atoms with Crippen LogP contribution in [0.4, 0.5) is 4.39 Å². The van der Waals surface area contributed by atoms with Crippen molar-refractivity contribution in [1.82, 2.24) is 9.88 Å². The van der Waals surface area contributed by atoms with E-state index >= 15 is 0 Å². The Kier molecular flexibility index (Phi) is 4.74. The number of rotatable bonds is 4. The highest BCUT2D eigenvalue weighted by atomic mass is 32.2. The van der Waals surface area contributed by atoms with Crippen molar-refractivity contribution in [1.29, 1.82) is 0 Å². The minimum atomic E-state index is -0.460. The van der Waals surface area contributed by atoms with Gasteiger partial charge in [-0.15, -0.1) is 0 Å². The Bertz CT molecular complexity index is 602. The number of halogens is 1. The van der Waals surface area contributed by atoms with Gasteiger partial charge in [0.15, 0.2) is 5.82 Å². The van der Waals surface area contributed by atoms with Gasteiger partial charge < -0.3 is 4.90 Å². The monoisotopic (exact) mass is 290 g/mol. The zero-order chi connectivity index (χ0) is 14.5.